The molecule has 0 unspecified atom stereocenters. The van der Waals surface area contributed by atoms with Gasteiger partial charge in [0.25, 0.3) is 0 Å². The van der Waals surface area contributed by atoms with Crippen molar-refractivity contribution in [2.45, 2.75) is 64.6 Å². The number of aldehydes is 1. The SMILES string of the molecule is COC(=O)[C@H](CNC(=O)[C@@H](CC(=O)[C@H](CC(C)C)NC(=O)[C@@H](CC=O)CCSC)Cc1ccccc1)NC(=O)OCc1ccccc1. The summed E-state index contributed by atoms with van der Waals surface area (Å²) in [7, 11) is 1.16. The number of ether oxygens (including phenoxy) is 2. The molecular formula is C35H47N3O8S. The minimum absolute atomic E-state index is 0.0181. The van der Waals surface area contributed by atoms with Crippen molar-refractivity contribution in [3.8, 4) is 0 Å². The number of hydrogen-bond acceptors (Lipinski definition) is 9. The van der Waals surface area contributed by atoms with Crippen molar-refractivity contribution in [1.29, 1.82) is 0 Å². The number of alkyl carbamates (subject to hydrolysis) is 1. The van der Waals surface area contributed by atoms with Crippen LogP contribution < -0.4 is 16.0 Å². The van der Waals surface area contributed by atoms with Crippen molar-refractivity contribution in [3.05, 3.63) is 71.8 Å². The highest BCUT2D eigenvalue weighted by Gasteiger charge is 2.31. The highest BCUT2D eigenvalue weighted by molar-refractivity contribution is 7.98. The lowest BCUT2D eigenvalue weighted by Crippen LogP contribution is -2.50. The van der Waals surface area contributed by atoms with Gasteiger partial charge in [0.2, 0.25) is 11.8 Å². The maximum absolute atomic E-state index is 13.7. The summed E-state index contributed by atoms with van der Waals surface area (Å²) in [6, 6.07) is 16.1. The molecule has 3 amide bonds. The summed E-state index contributed by atoms with van der Waals surface area (Å²) in [5, 5.41) is 7.98. The third-order valence-corrected chi connectivity index (χ3v) is 8.09. The molecule has 0 fully saturated rings. The van der Waals surface area contributed by atoms with Crippen LogP contribution in [-0.4, -0.2) is 73.7 Å². The van der Waals surface area contributed by atoms with Crippen molar-refractivity contribution in [2.24, 2.45) is 17.8 Å². The Labute approximate surface area is 281 Å². The Hall–Kier alpha value is -4.19. The fraction of sp³-hybridized carbons (Fsp3) is 0.486. The van der Waals surface area contributed by atoms with Crippen LogP contribution in [0.2, 0.25) is 0 Å². The summed E-state index contributed by atoms with van der Waals surface area (Å²) >= 11 is 1.57. The highest BCUT2D eigenvalue weighted by atomic mass is 32.2. The Bertz CT molecular complexity index is 1290. The van der Waals surface area contributed by atoms with E-state index in [1.165, 1.54) is 0 Å². The number of Topliss-reactive ketones (excluding diaryl/α,β-unsaturated/α-hetero) is 1. The molecule has 0 aromatic heterocycles. The van der Waals surface area contributed by atoms with E-state index < -0.39 is 41.9 Å². The Kier molecular flexibility index (Phi) is 17.9. The first-order valence-corrected chi connectivity index (χ1v) is 17.1. The van der Waals surface area contributed by atoms with Gasteiger partial charge in [0, 0.05) is 31.2 Å². The van der Waals surface area contributed by atoms with E-state index in [0.717, 1.165) is 18.2 Å². The molecule has 0 aliphatic carbocycles. The summed E-state index contributed by atoms with van der Waals surface area (Å²) < 4.78 is 10.0. The first-order chi connectivity index (χ1) is 22.6. The molecule has 0 aliphatic heterocycles. The molecule has 0 spiro atoms. The average Bonchev–Trinajstić information content (AvgIpc) is 3.07. The normalized spacial score (nSPS) is 13.4. The molecule has 3 N–H and O–H groups in total. The van der Waals surface area contributed by atoms with E-state index in [9.17, 15) is 28.8 Å². The number of thioether (sulfide) groups is 1. The second-order valence-corrected chi connectivity index (χ2v) is 12.6. The molecule has 0 saturated heterocycles. The maximum atomic E-state index is 13.7. The zero-order chi connectivity index (χ0) is 34.6. The number of rotatable bonds is 21. The first-order valence-electron chi connectivity index (χ1n) is 15.7. The van der Waals surface area contributed by atoms with Crippen LogP contribution in [0.15, 0.2) is 60.7 Å². The van der Waals surface area contributed by atoms with E-state index in [1.807, 2.05) is 56.5 Å². The lowest BCUT2D eigenvalue weighted by molar-refractivity contribution is -0.143. The number of benzene rings is 2. The van der Waals surface area contributed by atoms with Crippen molar-refractivity contribution in [3.63, 3.8) is 0 Å². The van der Waals surface area contributed by atoms with E-state index in [2.05, 4.69) is 16.0 Å². The number of carbonyl (C=O) groups excluding carboxylic acids is 6. The van der Waals surface area contributed by atoms with Crippen molar-refractivity contribution in [1.82, 2.24) is 16.0 Å². The fourth-order valence-corrected chi connectivity index (χ4v) is 5.42. The number of methoxy groups -OCH3 is 1. The van der Waals surface area contributed by atoms with Gasteiger partial charge in [0.1, 0.15) is 18.9 Å². The summed E-state index contributed by atoms with van der Waals surface area (Å²) in [5.41, 5.74) is 1.57. The summed E-state index contributed by atoms with van der Waals surface area (Å²) in [4.78, 5) is 76.6. The topological polar surface area (TPSA) is 157 Å². The zero-order valence-corrected chi connectivity index (χ0v) is 28.4. The van der Waals surface area contributed by atoms with E-state index in [4.69, 9.17) is 9.47 Å². The molecule has 4 atom stereocenters. The molecule has 2 rings (SSSR count). The number of nitrogens with one attached hydrogen (secondary N) is 3. The van der Waals surface area contributed by atoms with E-state index in [0.29, 0.717) is 24.9 Å². The monoisotopic (exact) mass is 669 g/mol. The van der Waals surface area contributed by atoms with Crippen LogP contribution in [0.25, 0.3) is 0 Å². The van der Waals surface area contributed by atoms with Gasteiger partial charge in [0.15, 0.2) is 5.78 Å². The van der Waals surface area contributed by atoms with Crippen LogP contribution in [0.5, 0.6) is 0 Å². The number of esters is 1. The lowest BCUT2D eigenvalue weighted by Gasteiger charge is -2.25. The minimum Gasteiger partial charge on any atom is -0.467 e. The van der Waals surface area contributed by atoms with E-state index in [1.54, 1.807) is 36.0 Å². The summed E-state index contributed by atoms with van der Waals surface area (Å²) in [5.74, 6) is -2.61. The predicted octanol–water partition coefficient (Wildman–Crippen LogP) is 3.88. The molecular weight excluding hydrogens is 622 g/mol. The van der Waals surface area contributed by atoms with Gasteiger partial charge in [-0.15, -0.1) is 0 Å². The van der Waals surface area contributed by atoms with Gasteiger partial charge >= 0.3 is 12.1 Å². The number of ketones is 1. The van der Waals surface area contributed by atoms with E-state index in [-0.39, 0.29) is 50.0 Å². The Balaban J connectivity index is 2.17. The smallest absolute Gasteiger partial charge is 0.408 e. The number of amides is 3. The van der Waals surface area contributed by atoms with Gasteiger partial charge < -0.3 is 30.2 Å². The zero-order valence-electron chi connectivity index (χ0n) is 27.6. The molecule has 0 aliphatic rings. The third kappa shape index (κ3) is 14.8. The molecule has 0 bridgehead atoms. The van der Waals surface area contributed by atoms with Crippen LogP contribution in [0, 0.1) is 17.8 Å². The van der Waals surface area contributed by atoms with Crippen LogP contribution in [0.4, 0.5) is 4.79 Å². The molecule has 2 aromatic rings. The first kappa shape index (κ1) is 39.0. The number of carbonyl (C=O) groups is 6. The molecule has 2 aromatic carbocycles. The largest absolute Gasteiger partial charge is 0.467 e. The molecule has 0 saturated carbocycles. The Morgan fingerprint density at radius 1 is 0.851 bits per heavy atom. The van der Waals surface area contributed by atoms with Crippen molar-refractivity contribution >= 4 is 47.7 Å². The second-order valence-electron chi connectivity index (χ2n) is 11.7. The Morgan fingerprint density at radius 2 is 1.49 bits per heavy atom. The highest BCUT2D eigenvalue weighted by Crippen LogP contribution is 2.19. The molecule has 0 heterocycles. The molecule has 0 radical (unpaired) electrons. The lowest BCUT2D eigenvalue weighted by atomic mass is 9.88. The minimum atomic E-state index is -1.25. The van der Waals surface area contributed by atoms with Gasteiger partial charge in [-0.2, -0.15) is 11.8 Å². The fourth-order valence-electron chi connectivity index (χ4n) is 4.89. The number of hydrogen-bond donors (Lipinski definition) is 3. The standard InChI is InChI=1S/C35H47N3O8S/c1-24(2)19-29(37-33(42)27(15-17-39)16-18-47-4)31(40)21-28(20-25-11-7-5-8-12-25)32(41)36-22-30(34(43)45-3)38-35(44)46-23-26-13-9-6-10-14-26/h5-14,17,24,27-30H,15-16,18-23H2,1-4H3,(H,36,41)(H,37,42)(H,38,44)/t27-,28+,29-,30-/m0/s1. The van der Waals surface area contributed by atoms with Gasteiger partial charge in [-0.05, 0) is 48.3 Å². The van der Waals surface area contributed by atoms with Gasteiger partial charge in [-0.1, -0.05) is 74.5 Å². The quantitative estimate of drug-likeness (QED) is 0.133. The molecule has 47 heavy (non-hydrogen) atoms. The van der Waals surface area contributed by atoms with E-state index >= 15 is 0 Å². The third-order valence-electron chi connectivity index (χ3n) is 7.45. The molecule has 12 heteroatoms. The van der Waals surface area contributed by atoms with Gasteiger partial charge in [-0.25, -0.2) is 9.59 Å². The molecule has 11 nitrogen and oxygen atoms in total. The predicted molar refractivity (Wildman–Crippen MR) is 180 cm³/mol. The molecule has 256 valence electrons. The second kappa shape index (κ2) is 21.6. The van der Waals surface area contributed by atoms with Crippen LogP contribution in [0.3, 0.4) is 0 Å². The summed E-state index contributed by atoms with van der Waals surface area (Å²) in [6.45, 7) is 3.54. The van der Waals surface area contributed by atoms with Crippen molar-refractivity contribution < 1.29 is 38.2 Å². The van der Waals surface area contributed by atoms with Crippen LogP contribution >= 0.6 is 11.8 Å². The summed E-state index contributed by atoms with van der Waals surface area (Å²) in [6.07, 6.45) is 2.72. The Morgan fingerprint density at radius 3 is 2.06 bits per heavy atom. The maximum Gasteiger partial charge on any atom is 0.408 e. The van der Waals surface area contributed by atoms with Crippen molar-refractivity contribution in [2.75, 3.05) is 25.7 Å². The van der Waals surface area contributed by atoms with Crippen LogP contribution in [0.1, 0.15) is 50.7 Å². The van der Waals surface area contributed by atoms with Gasteiger partial charge in [0.05, 0.1) is 13.2 Å². The average molecular weight is 670 g/mol. The van der Waals surface area contributed by atoms with Gasteiger partial charge in [-0.3, -0.25) is 14.4 Å². The van der Waals surface area contributed by atoms with Crippen LogP contribution in [-0.2, 0) is 46.5 Å².